The molecule has 0 radical (unpaired) electrons. The van der Waals surface area contributed by atoms with E-state index >= 15 is 0 Å². The van der Waals surface area contributed by atoms with Gasteiger partial charge in [0.25, 0.3) is 15.9 Å². The van der Waals surface area contributed by atoms with Crippen LogP contribution in [0, 0.1) is 0 Å². The summed E-state index contributed by atoms with van der Waals surface area (Å²) >= 11 is 5.81. The fraction of sp³-hybridized carbons (Fsp3) is 0.0500. The van der Waals surface area contributed by atoms with Crippen molar-refractivity contribution >= 4 is 38.9 Å². The molecule has 0 saturated heterocycles. The topological polar surface area (TPSA) is 84.5 Å². The standard InChI is InChI=1S/C20H17ClN2O4S/c1-27-18-10-6-17(7-11-18)23-28(25,26)19-12-8-16(9-13-19)22-20(24)14-2-4-15(21)5-3-14/h2-13,23H,1H3,(H,22,24). The van der Waals surface area contributed by atoms with Crippen LogP contribution in [0.4, 0.5) is 11.4 Å². The van der Waals surface area contributed by atoms with Crippen LogP contribution in [0.25, 0.3) is 0 Å². The maximum absolute atomic E-state index is 12.5. The molecule has 1 amide bonds. The number of halogens is 1. The maximum atomic E-state index is 12.5. The minimum Gasteiger partial charge on any atom is -0.497 e. The minimum absolute atomic E-state index is 0.0767. The lowest BCUT2D eigenvalue weighted by Crippen LogP contribution is -2.14. The van der Waals surface area contributed by atoms with Crippen molar-refractivity contribution in [3.05, 3.63) is 83.4 Å². The van der Waals surface area contributed by atoms with E-state index in [9.17, 15) is 13.2 Å². The lowest BCUT2D eigenvalue weighted by atomic mass is 10.2. The number of hydrogen-bond donors (Lipinski definition) is 2. The predicted octanol–water partition coefficient (Wildman–Crippen LogP) is 4.40. The molecular formula is C20H17ClN2O4S. The summed E-state index contributed by atoms with van der Waals surface area (Å²) in [4.78, 5) is 12.3. The second kappa shape index (κ2) is 8.33. The molecular weight excluding hydrogens is 400 g/mol. The number of benzene rings is 3. The van der Waals surface area contributed by atoms with Crippen LogP contribution in [-0.2, 0) is 10.0 Å². The molecule has 0 bridgehead atoms. The molecule has 0 fully saturated rings. The molecule has 0 atom stereocenters. The van der Waals surface area contributed by atoms with Gasteiger partial charge in [-0.2, -0.15) is 0 Å². The number of rotatable bonds is 6. The van der Waals surface area contributed by atoms with E-state index in [0.717, 1.165) is 0 Å². The van der Waals surface area contributed by atoms with E-state index in [1.807, 2.05) is 0 Å². The summed E-state index contributed by atoms with van der Waals surface area (Å²) in [6, 6.07) is 18.9. The van der Waals surface area contributed by atoms with Crippen LogP contribution in [0.15, 0.2) is 77.7 Å². The predicted molar refractivity (Wildman–Crippen MR) is 110 cm³/mol. The molecule has 3 rings (SSSR count). The average Bonchev–Trinajstić information content (AvgIpc) is 2.69. The van der Waals surface area contributed by atoms with E-state index in [1.165, 1.54) is 31.4 Å². The van der Waals surface area contributed by atoms with Gasteiger partial charge in [0.1, 0.15) is 5.75 Å². The quantitative estimate of drug-likeness (QED) is 0.623. The Labute approximate surface area is 168 Å². The summed E-state index contributed by atoms with van der Waals surface area (Å²) < 4.78 is 32.5. The van der Waals surface area contributed by atoms with E-state index in [2.05, 4.69) is 10.0 Å². The van der Waals surface area contributed by atoms with Crippen molar-refractivity contribution in [3.63, 3.8) is 0 Å². The Bertz CT molecular complexity index is 1060. The van der Waals surface area contributed by atoms with Crippen molar-refractivity contribution in [3.8, 4) is 5.75 Å². The van der Waals surface area contributed by atoms with E-state index < -0.39 is 10.0 Å². The number of carbonyl (C=O) groups excluding carboxylic acids is 1. The number of nitrogens with one attached hydrogen (secondary N) is 2. The summed E-state index contributed by atoms with van der Waals surface area (Å²) in [5, 5.41) is 3.25. The van der Waals surface area contributed by atoms with Crippen molar-refractivity contribution in [2.75, 3.05) is 17.1 Å². The summed E-state index contributed by atoms with van der Waals surface area (Å²) in [7, 11) is -2.22. The molecule has 0 saturated carbocycles. The molecule has 8 heteroatoms. The Morgan fingerprint density at radius 3 is 2.00 bits per heavy atom. The monoisotopic (exact) mass is 416 g/mol. The Hall–Kier alpha value is -3.03. The van der Waals surface area contributed by atoms with Crippen LogP contribution >= 0.6 is 11.6 Å². The van der Waals surface area contributed by atoms with Crippen molar-refractivity contribution in [1.29, 1.82) is 0 Å². The smallest absolute Gasteiger partial charge is 0.261 e. The van der Waals surface area contributed by atoms with Gasteiger partial charge in [0, 0.05) is 22.0 Å². The van der Waals surface area contributed by atoms with Gasteiger partial charge < -0.3 is 10.1 Å². The minimum atomic E-state index is -3.75. The van der Waals surface area contributed by atoms with Gasteiger partial charge in [-0.1, -0.05) is 11.6 Å². The molecule has 0 aliphatic rings. The van der Waals surface area contributed by atoms with Crippen LogP contribution in [0.1, 0.15) is 10.4 Å². The van der Waals surface area contributed by atoms with Gasteiger partial charge >= 0.3 is 0 Å². The Kier molecular flexibility index (Phi) is 5.87. The molecule has 3 aromatic carbocycles. The van der Waals surface area contributed by atoms with Crippen molar-refractivity contribution in [1.82, 2.24) is 0 Å². The molecule has 0 aromatic heterocycles. The molecule has 0 spiro atoms. The van der Waals surface area contributed by atoms with Crippen molar-refractivity contribution in [2.45, 2.75) is 4.90 Å². The third-order valence-corrected chi connectivity index (χ3v) is 5.52. The number of sulfonamides is 1. The summed E-state index contributed by atoms with van der Waals surface area (Å²) in [6.45, 7) is 0. The van der Waals surface area contributed by atoms with Crippen LogP contribution in [0.3, 0.4) is 0 Å². The molecule has 0 aliphatic carbocycles. The second-order valence-electron chi connectivity index (χ2n) is 5.82. The number of anilines is 2. The fourth-order valence-electron chi connectivity index (χ4n) is 2.40. The molecule has 0 unspecified atom stereocenters. The zero-order valence-electron chi connectivity index (χ0n) is 14.8. The first-order chi connectivity index (χ1) is 13.4. The highest BCUT2D eigenvalue weighted by Crippen LogP contribution is 2.21. The molecule has 3 aromatic rings. The normalized spacial score (nSPS) is 10.9. The van der Waals surface area contributed by atoms with E-state index in [0.29, 0.717) is 27.7 Å². The number of hydrogen-bond acceptors (Lipinski definition) is 4. The number of methoxy groups -OCH3 is 1. The average molecular weight is 417 g/mol. The number of amides is 1. The van der Waals surface area contributed by atoms with Crippen LogP contribution in [-0.4, -0.2) is 21.4 Å². The molecule has 6 nitrogen and oxygen atoms in total. The highest BCUT2D eigenvalue weighted by atomic mass is 35.5. The van der Waals surface area contributed by atoms with Gasteiger partial charge in [-0.3, -0.25) is 9.52 Å². The molecule has 28 heavy (non-hydrogen) atoms. The first-order valence-corrected chi connectivity index (χ1v) is 10.1. The largest absolute Gasteiger partial charge is 0.497 e. The Morgan fingerprint density at radius 1 is 0.857 bits per heavy atom. The molecule has 0 aliphatic heterocycles. The van der Waals surface area contributed by atoms with Gasteiger partial charge in [0.05, 0.1) is 12.0 Å². The van der Waals surface area contributed by atoms with Crippen LogP contribution in [0.2, 0.25) is 5.02 Å². The van der Waals surface area contributed by atoms with Gasteiger partial charge in [-0.15, -0.1) is 0 Å². The number of carbonyl (C=O) groups is 1. The Balaban J connectivity index is 1.70. The zero-order valence-corrected chi connectivity index (χ0v) is 16.4. The van der Waals surface area contributed by atoms with E-state index in [4.69, 9.17) is 16.3 Å². The SMILES string of the molecule is COc1ccc(NS(=O)(=O)c2ccc(NC(=O)c3ccc(Cl)cc3)cc2)cc1. The third kappa shape index (κ3) is 4.82. The fourth-order valence-corrected chi connectivity index (χ4v) is 3.58. The first-order valence-electron chi connectivity index (χ1n) is 8.21. The first kappa shape index (κ1) is 19.7. The zero-order chi connectivity index (χ0) is 20.1. The third-order valence-electron chi connectivity index (χ3n) is 3.87. The summed E-state index contributed by atoms with van der Waals surface area (Å²) in [5.74, 6) is 0.312. The highest BCUT2D eigenvalue weighted by Gasteiger charge is 2.14. The molecule has 2 N–H and O–H groups in total. The van der Waals surface area contributed by atoms with Crippen molar-refractivity contribution in [2.24, 2.45) is 0 Å². The van der Waals surface area contributed by atoms with Gasteiger partial charge in [-0.05, 0) is 72.8 Å². The van der Waals surface area contributed by atoms with Crippen molar-refractivity contribution < 1.29 is 17.9 Å². The van der Waals surface area contributed by atoms with Crippen LogP contribution < -0.4 is 14.8 Å². The Morgan fingerprint density at radius 2 is 1.43 bits per heavy atom. The van der Waals surface area contributed by atoms with Crippen LogP contribution in [0.5, 0.6) is 5.75 Å². The number of ether oxygens (including phenoxy) is 1. The highest BCUT2D eigenvalue weighted by molar-refractivity contribution is 7.92. The lowest BCUT2D eigenvalue weighted by Gasteiger charge is -2.10. The maximum Gasteiger partial charge on any atom is 0.261 e. The lowest BCUT2D eigenvalue weighted by molar-refractivity contribution is 0.102. The van der Waals surface area contributed by atoms with Gasteiger partial charge in [0.15, 0.2) is 0 Å². The van der Waals surface area contributed by atoms with E-state index in [1.54, 1.807) is 48.5 Å². The second-order valence-corrected chi connectivity index (χ2v) is 7.94. The van der Waals surface area contributed by atoms with Gasteiger partial charge in [0.2, 0.25) is 0 Å². The summed E-state index contributed by atoms with van der Waals surface area (Å²) in [5.41, 5.74) is 1.34. The molecule has 144 valence electrons. The van der Waals surface area contributed by atoms with E-state index in [-0.39, 0.29) is 10.8 Å². The van der Waals surface area contributed by atoms with Gasteiger partial charge in [-0.25, -0.2) is 8.42 Å². The molecule has 0 heterocycles. The summed E-state index contributed by atoms with van der Waals surface area (Å²) in [6.07, 6.45) is 0.